The Morgan fingerprint density at radius 2 is 1.69 bits per heavy atom. The molecule has 0 aliphatic carbocycles. The highest BCUT2D eigenvalue weighted by Gasteiger charge is 2.21. The highest BCUT2D eigenvalue weighted by Crippen LogP contribution is 2.19. The van der Waals surface area contributed by atoms with Crippen LogP contribution in [0.5, 0.6) is 0 Å². The van der Waals surface area contributed by atoms with Crippen LogP contribution in [0.25, 0.3) is 0 Å². The number of rotatable bonds is 9. The van der Waals surface area contributed by atoms with Gasteiger partial charge in [-0.15, -0.1) is 0 Å². The van der Waals surface area contributed by atoms with Gasteiger partial charge in [-0.05, 0) is 50.5 Å². The summed E-state index contributed by atoms with van der Waals surface area (Å²) in [4.78, 5) is 28.5. The molecule has 0 aromatic heterocycles. The zero-order chi connectivity index (χ0) is 21.3. The molecule has 0 spiro atoms. The van der Waals surface area contributed by atoms with Crippen molar-refractivity contribution < 1.29 is 27.0 Å². The predicted octanol–water partition coefficient (Wildman–Crippen LogP) is 3.54. The Kier molecular flexibility index (Phi) is 8.35. The molecule has 0 bridgehead atoms. The third kappa shape index (κ3) is 7.32. The fraction of sp³-hybridized carbons (Fsp3) is 0.333. The van der Waals surface area contributed by atoms with E-state index in [0.717, 1.165) is 5.56 Å². The third-order valence-corrected chi connectivity index (χ3v) is 5.60. The molecule has 0 heterocycles. The van der Waals surface area contributed by atoms with Gasteiger partial charge in [-0.2, -0.15) is 13.9 Å². The van der Waals surface area contributed by atoms with Crippen LogP contribution in [-0.4, -0.2) is 26.4 Å². The molecule has 156 valence electrons. The van der Waals surface area contributed by atoms with Crippen molar-refractivity contribution in [2.45, 2.75) is 50.5 Å². The standard InChI is InChI=1S/C21H25NO6S/c1-3-18(28-29(25,26)19-14-12-16(2)13-15-19)10-7-11-20(23)22-27-21(24)17-8-5-4-6-9-17/h4-6,8-9,12-15,18H,3,7,10-11H2,1-2H3,(H,22,23). The van der Waals surface area contributed by atoms with Crippen molar-refractivity contribution >= 4 is 22.0 Å². The van der Waals surface area contributed by atoms with Crippen molar-refractivity contribution in [3.63, 3.8) is 0 Å². The summed E-state index contributed by atoms with van der Waals surface area (Å²) in [5.74, 6) is -1.12. The molecule has 0 saturated heterocycles. The van der Waals surface area contributed by atoms with E-state index >= 15 is 0 Å². The summed E-state index contributed by atoms with van der Waals surface area (Å²) in [6, 6.07) is 14.7. The molecule has 2 aromatic rings. The van der Waals surface area contributed by atoms with E-state index in [-0.39, 0.29) is 11.3 Å². The van der Waals surface area contributed by atoms with Gasteiger partial charge >= 0.3 is 5.97 Å². The smallest absolute Gasteiger partial charge is 0.335 e. The number of nitrogens with one attached hydrogen (secondary N) is 1. The number of carbonyl (C=O) groups excluding carboxylic acids is 2. The number of aryl methyl sites for hydroxylation is 1. The molecule has 1 amide bonds. The van der Waals surface area contributed by atoms with Crippen molar-refractivity contribution in [2.75, 3.05) is 0 Å². The first-order valence-electron chi connectivity index (χ1n) is 9.37. The Bertz CT molecular complexity index is 910. The fourth-order valence-electron chi connectivity index (χ4n) is 2.54. The van der Waals surface area contributed by atoms with Gasteiger partial charge in [0.2, 0.25) is 0 Å². The third-order valence-electron chi connectivity index (χ3n) is 4.22. The zero-order valence-corrected chi connectivity index (χ0v) is 17.3. The van der Waals surface area contributed by atoms with E-state index in [0.29, 0.717) is 24.8 Å². The summed E-state index contributed by atoms with van der Waals surface area (Å²) in [5.41, 5.74) is 3.39. The van der Waals surface area contributed by atoms with E-state index in [1.54, 1.807) is 42.5 Å². The number of carbonyl (C=O) groups is 2. The van der Waals surface area contributed by atoms with E-state index in [9.17, 15) is 18.0 Å². The van der Waals surface area contributed by atoms with Crippen molar-refractivity contribution in [1.82, 2.24) is 5.48 Å². The molecule has 0 radical (unpaired) electrons. The summed E-state index contributed by atoms with van der Waals surface area (Å²) in [5, 5.41) is 0. The summed E-state index contributed by atoms with van der Waals surface area (Å²) in [6.45, 7) is 3.69. The lowest BCUT2D eigenvalue weighted by Gasteiger charge is -2.16. The minimum atomic E-state index is -3.86. The molecule has 0 saturated carbocycles. The predicted molar refractivity (Wildman–Crippen MR) is 107 cm³/mol. The van der Waals surface area contributed by atoms with Gasteiger partial charge in [0, 0.05) is 6.42 Å². The Morgan fingerprint density at radius 3 is 2.31 bits per heavy atom. The van der Waals surface area contributed by atoms with E-state index in [4.69, 9.17) is 9.02 Å². The summed E-state index contributed by atoms with van der Waals surface area (Å²) in [6.07, 6.45) is 0.779. The SMILES string of the molecule is CCC(CCCC(=O)NOC(=O)c1ccccc1)OS(=O)(=O)c1ccc(C)cc1. The Balaban J connectivity index is 1.76. The van der Waals surface area contributed by atoms with Crippen LogP contribution in [0, 0.1) is 6.92 Å². The van der Waals surface area contributed by atoms with E-state index in [1.807, 2.05) is 13.8 Å². The van der Waals surface area contributed by atoms with Gasteiger partial charge < -0.3 is 4.84 Å². The molecule has 7 nitrogen and oxygen atoms in total. The molecule has 0 fully saturated rings. The number of hydrogen-bond acceptors (Lipinski definition) is 6. The highest BCUT2D eigenvalue weighted by molar-refractivity contribution is 7.86. The maximum absolute atomic E-state index is 12.4. The van der Waals surface area contributed by atoms with Crippen molar-refractivity contribution in [2.24, 2.45) is 0 Å². The second kappa shape index (κ2) is 10.7. The summed E-state index contributed by atoms with van der Waals surface area (Å²) in [7, 11) is -3.86. The van der Waals surface area contributed by atoms with Crippen LogP contribution in [-0.2, 0) is 23.9 Å². The molecule has 0 aliphatic rings. The van der Waals surface area contributed by atoms with Gasteiger partial charge in [0.25, 0.3) is 16.0 Å². The van der Waals surface area contributed by atoms with Crippen molar-refractivity contribution in [3.8, 4) is 0 Å². The second-order valence-corrected chi connectivity index (χ2v) is 8.14. The molecule has 1 atom stereocenters. The minimum Gasteiger partial charge on any atom is -0.335 e. The van der Waals surface area contributed by atoms with Crippen LogP contribution in [0.2, 0.25) is 0 Å². The van der Waals surface area contributed by atoms with Crippen molar-refractivity contribution in [1.29, 1.82) is 0 Å². The number of hydrogen-bond donors (Lipinski definition) is 1. The maximum atomic E-state index is 12.4. The molecule has 2 aromatic carbocycles. The van der Waals surface area contributed by atoms with Gasteiger partial charge in [0.15, 0.2) is 0 Å². The van der Waals surface area contributed by atoms with E-state index < -0.39 is 28.1 Å². The van der Waals surface area contributed by atoms with Crippen LogP contribution in [0.4, 0.5) is 0 Å². The Hall–Kier alpha value is -2.71. The van der Waals surface area contributed by atoms with E-state index in [1.165, 1.54) is 12.1 Å². The van der Waals surface area contributed by atoms with Crippen LogP contribution in [0.15, 0.2) is 59.5 Å². The van der Waals surface area contributed by atoms with Crippen molar-refractivity contribution in [3.05, 3.63) is 65.7 Å². The molecule has 0 aliphatic heterocycles. The normalized spacial score (nSPS) is 12.2. The summed E-state index contributed by atoms with van der Waals surface area (Å²) >= 11 is 0. The maximum Gasteiger partial charge on any atom is 0.362 e. The topological polar surface area (TPSA) is 98.8 Å². The molecular weight excluding hydrogens is 394 g/mol. The summed E-state index contributed by atoms with van der Waals surface area (Å²) < 4.78 is 30.0. The minimum absolute atomic E-state index is 0.0759. The fourth-order valence-corrected chi connectivity index (χ4v) is 3.71. The quantitative estimate of drug-likeness (QED) is 0.493. The largest absolute Gasteiger partial charge is 0.362 e. The average Bonchev–Trinajstić information content (AvgIpc) is 2.72. The van der Waals surface area contributed by atoms with Gasteiger partial charge in [0.1, 0.15) is 0 Å². The first-order chi connectivity index (χ1) is 13.8. The molecule has 1 unspecified atom stereocenters. The number of benzene rings is 2. The molecular formula is C21H25NO6S. The Morgan fingerprint density at radius 1 is 1.03 bits per heavy atom. The van der Waals surface area contributed by atoms with Gasteiger partial charge in [-0.3, -0.25) is 8.98 Å². The lowest BCUT2D eigenvalue weighted by Crippen LogP contribution is -2.27. The highest BCUT2D eigenvalue weighted by atomic mass is 32.2. The van der Waals surface area contributed by atoms with Crippen LogP contribution < -0.4 is 5.48 Å². The number of hydroxylamine groups is 1. The zero-order valence-electron chi connectivity index (χ0n) is 16.5. The van der Waals surface area contributed by atoms with Crippen LogP contribution in [0.1, 0.15) is 48.5 Å². The lowest BCUT2D eigenvalue weighted by atomic mass is 10.1. The van der Waals surface area contributed by atoms with E-state index in [2.05, 4.69) is 5.48 Å². The van der Waals surface area contributed by atoms with Gasteiger partial charge in [-0.1, -0.05) is 42.8 Å². The number of amides is 1. The Labute approximate surface area is 171 Å². The molecule has 1 N–H and O–H groups in total. The first kappa shape index (κ1) is 22.6. The second-order valence-electron chi connectivity index (χ2n) is 6.57. The molecule has 29 heavy (non-hydrogen) atoms. The lowest BCUT2D eigenvalue weighted by molar-refractivity contribution is -0.130. The van der Waals surface area contributed by atoms with Crippen LogP contribution >= 0.6 is 0 Å². The van der Waals surface area contributed by atoms with Crippen LogP contribution in [0.3, 0.4) is 0 Å². The molecule has 8 heteroatoms. The van der Waals surface area contributed by atoms with Gasteiger partial charge in [-0.25, -0.2) is 4.79 Å². The average molecular weight is 419 g/mol. The first-order valence-corrected chi connectivity index (χ1v) is 10.8. The van der Waals surface area contributed by atoms with Gasteiger partial charge in [0.05, 0.1) is 16.6 Å². The monoisotopic (exact) mass is 419 g/mol. The molecule has 2 rings (SSSR count).